The first-order chi connectivity index (χ1) is 12.5. The fourth-order valence-electron chi connectivity index (χ4n) is 1.66. The Kier molecular flexibility index (Phi) is 7.09. The molecular weight excluding hydrogens is 370 g/mol. The Labute approximate surface area is 151 Å². The zero-order chi connectivity index (χ0) is 18.9. The van der Waals surface area contributed by atoms with Gasteiger partial charge in [0.15, 0.2) is 0 Å². The number of hydrogen-bond acceptors (Lipinski definition) is 7. The molecule has 138 valence electrons. The number of thioether (sulfide) groups is 1. The predicted octanol–water partition coefficient (Wildman–Crippen LogP) is 2.44. The highest BCUT2D eigenvalue weighted by Gasteiger charge is 2.13. The molecule has 0 fully saturated rings. The number of benzene rings is 1. The fourth-order valence-corrected chi connectivity index (χ4v) is 2.23. The van der Waals surface area contributed by atoms with Gasteiger partial charge in [-0.2, -0.15) is 8.78 Å². The maximum atomic E-state index is 12.1. The standard InChI is InChI=1S/C15H14F2N4O4S/c1-2-7-18-14(23)19-11(22)8-26-15-21-20-12(25-15)9-3-5-10(6-4-9)24-13(16)17/h2-6,13H,1,7-8H2,(H2,18,19,22,23). The first-order valence-electron chi connectivity index (χ1n) is 7.18. The summed E-state index contributed by atoms with van der Waals surface area (Å²) in [4.78, 5) is 22.9. The van der Waals surface area contributed by atoms with Crippen molar-refractivity contribution >= 4 is 23.7 Å². The van der Waals surface area contributed by atoms with Gasteiger partial charge in [0.25, 0.3) is 5.22 Å². The van der Waals surface area contributed by atoms with Gasteiger partial charge in [-0.1, -0.05) is 17.8 Å². The highest BCUT2D eigenvalue weighted by molar-refractivity contribution is 7.99. The number of ether oxygens (including phenoxy) is 1. The van der Waals surface area contributed by atoms with Crippen molar-refractivity contribution in [3.8, 4) is 17.2 Å². The molecule has 11 heteroatoms. The second kappa shape index (κ2) is 9.51. The zero-order valence-electron chi connectivity index (χ0n) is 13.3. The van der Waals surface area contributed by atoms with E-state index in [4.69, 9.17) is 4.42 Å². The Morgan fingerprint density at radius 1 is 1.31 bits per heavy atom. The number of hydrogen-bond donors (Lipinski definition) is 2. The van der Waals surface area contributed by atoms with Crippen molar-refractivity contribution in [2.45, 2.75) is 11.8 Å². The van der Waals surface area contributed by atoms with E-state index in [1.807, 2.05) is 0 Å². The third-order valence-corrected chi connectivity index (χ3v) is 3.54. The van der Waals surface area contributed by atoms with Gasteiger partial charge in [0.1, 0.15) is 5.75 Å². The summed E-state index contributed by atoms with van der Waals surface area (Å²) in [6, 6.07) is 5.02. The van der Waals surface area contributed by atoms with E-state index >= 15 is 0 Å². The first kappa shape index (κ1) is 19.4. The lowest BCUT2D eigenvalue weighted by Crippen LogP contribution is -2.40. The smallest absolute Gasteiger partial charge is 0.387 e. The van der Waals surface area contributed by atoms with Crippen molar-refractivity contribution in [1.82, 2.24) is 20.8 Å². The first-order valence-corrected chi connectivity index (χ1v) is 8.16. The van der Waals surface area contributed by atoms with Crippen LogP contribution in [-0.4, -0.2) is 41.0 Å². The van der Waals surface area contributed by atoms with Crippen molar-refractivity contribution in [2.75, 3.05) is 12.3 Å². The molecule has 0 spiro atoms. The summed E-state index contributed by atoms with van der Waals surface area (Å²) in [6.45, 7) is 0.764. The molecule has 3 amide bonds. The Morgan fingerprint density at radius 2 is 2.04 bits per heavy atom. The van der Waals surface area contributed by atoms with Crippen molar-refractivity contribution in [3.63, 3.8) is 0 Å². The number of nitrogens with zero attached hydrogens (tertiary/aromatic N) is 2. The van der Waals surface area contributed by atoms with E-state index < -0.39 is 18.5 Å². The van der Waals surface area contributed by atoms with E-state index in [0.29, 0.717) is 5.56 Å². The molecule has 2 aromatic rings. The minimum absolute atomic E-state index is 0.00395. The molecule has 1 aromatic carbocycles. The van der Waals surface area contributed by atoms with Gasteiger partial charge >= 0.3 is 12.6 Å². The topological polar surface area (TPSA) is 106 Å². The Morgan fingerprint density at radius 3 is 2.69 bits per heavy atom. The number of carbonyl (C=O) groups is 2. The Balaban J connectivity index is 1.86. The number of urea groups is 1. The molecule has 0 aliphatic carbocycles. The average Bonchev–Trinajstić information content (AvgIpc) is 3.07. The molecule has 0 saturated carbocycles. The number of amides is 3. The summed E-state index contributed by atoms with van der Waals surface area (Å²) in [6.07, 6.45) is 1.48. The van der Waals surface area contributed by atoms with E-state index in [2.05, 4.69) is 32.1 Å². The molecule has 0 bridgehead atoms. The second-order valence-corrected chi connectivity index (χ2v) is 5.54. The monoisotopic (exact) mass is 384 g/mol. The summed E-state index contributed by atoms with van der Waals surface area (Å²) in [7, 11) is 0. The quantitative estimate of drug-likeness (QED) is 0.532. The third-order valence-electron chi connectivity index (χ3n) is 2.72. The van der Waals surface area contributed by atoms with Gasteiger partial charge in [-0.05, 0) is 24.3 Å². The average molecular weight is 384 g/mol. The van der Waals surface area contributed by atoms with Crippen LogP contribution in [-0.2, 0) is 4.79 Å². The molecule has 1 heterocycles. The van der Waals surface area contributed by atoms with Gasteiger partial charge in [-0.15, -0.1) is 16.8 Å². The van der Waals surface area contributed by atoms with E-state index in [9.17, 15) is 18.4 Å². The highest BCUT2D eigenvalue weighted by atomic mass is 32.2. The number of imide groups is 1. The highest BCUT2D eigenvalue weighted by Crippen LogP contribution is 2.25. The Bertz CT molecular complexity index is 767. The molecule has 0 atom stereocenters. The lowest BCUT2D eigenvalue weighted by atomic mass is 10.2. The lowest BCUT2D eigenvalue weighted by Gasteiger charge is -2.04. The van der Waals surface area contributed by atoms with Gasteiger partial charge in [-0.25, -0.2) is 4.79 Å². The molecule has 2 rings (SSSR count). The van der Waals surface area contributed by atoms with Crippen LogP contribution in [0.3, 0.4) is 0 Å². The number of rotatable bonds is 8. The normalized spacial score (nSPS) is 10.4. The van der Waals surface area contributed by atoms with Crippen LogP contribution in [0.5, 0.6) is 5.75 Å². The SMILES string of the molecule is C=CCNC(=O)NC(=O)CSc1nnc(-c2ccc(OC(F)F)cc2)o1. The molecule has 26 heavy (non-hydrogen) atoms. The number of aromatic nitrogens is 2. The molecule has 0 unspecified atom stereocenters. The maximum absolute atomic E-state index is 12.1. The van der Waals surface area contributed by atoms with Crippen LogP contribution in [0.25, 0.3) is 11.5 Å². The number of nitrogens with one attached hydrogen (secondary N) is 2. The molecule has 2 N–H and O–H groups in total. The van der Waals surface area contributed by atoms with Crippen LogP contribution >= 0.6 is 11.8 Å². The molecule has 0 radical (unpaired) electrons. The van der Waals surface area contributed by atoms with Crippen molar-refractivity contribution in [1.29, 1.82) is 0 Å². The summed E-state index contributed by atoms with van der Waals surface area (Å²) in [5, 5.41) is 12.2. The number of alkyl halides is 2. The van der Waals surface area contributed by atoms with E-state index in [1.54, 1.807) is 0 Å². The van der Waals surface area contributed by atoms with Crippen LogP contribution in [0, 0.1) is 0 Å². The molecule has 1 aromatic heterocycles. The molecule has 0 aliphatic heterocycles. The zero-order valence-corrected chi connectivity index (χ0v) is 14.1. The maximum Gasteiger partial charge on any atom is 0.387 e. The van der Waals surface area contributed by atoms with Crippen LogP contribution in [0.1, 0.15) is 0 Å². The minimum Gasteiger partial charge on any atom is -0.435 e. The van der Waals surface area contributed by atoms with Gasteiger partial charge in [0.05, 0.1) is 5.75 Å². The Hall–Kier alpha value is -2.95. The lowest BCUT2D eigenvalue weighted by molar-refractivity contribution is -0.117. The largest absolute Gasteiger partial charge is 0.435 e. The van der Waals surface area contributed by atoms with E-state index in [-0.39, 0.29) is 29.2 Å². The van der Waals surface area contributed by atoms with Crippen LogP contribution in [0.4, 0.5) is 13.6 Å². The number of halogens is 2. The summed E-state index contributed by atoms with van der Waals surface area (Å²) in [5.41, 5.74) is 0.499. The van der Waals surface area contributed by atoms with Gasteiger partial charge in [0.2, 0.25) is 11.8 Å². The molecule has 0 saturated heterocycles. The van der Waals surface area contributed by atoms with Crippen LogP contribution in [0.15, 0.2) is 46.6 Å². The van der Waals surface area contributed by atoms with Crippen molar-refractivity contribution < 1.29 is 27.5 Å². The predicted molar refractivity (Wildman–Crippen MR) is 88.8 cm³/mol. The summed E-state index contributed by atoms with van der Waals surface area (Å²) < 4.78 is 33.8. The second-order valence-electron chi connectivity index (χ2n) is 4.61. The van der Waals surface area contributed by atoms with Gasteiger partial charge in [-0.3, -0.25) is 10.1 Å². The van der Waals surface area contributed by atoms with Gasteiger partial charge in [0, 0.05) is 12.1 Å². The molecule has 8 nitrogen and oxygen atoms in total. The minimum atomic E-state index is -2.91. The van der Waals surface area contributed by atoms with E-state index in [1.165, 1.54) is 30.3 Å². The van der Waals surface area contributed by atoms with Crippen molar-refractivity contribution in [2.24, 2.45) is 0 Å². The van der Waals surface area contributed by atoms with Crippen LogP contribution in [0.2, 0.25) is 0 Å². The van der Waals surface area contributed by atoms with Crippen LogP contribution < -0.4 is 15.4 Å². The molecule has 0 aliphatic rings. The van der Waals surface area contributed by atoms with Crippen molar-refractivity contribution in [3.05, 3.63) is 36.9 Å². The summed E-state index contributed by atoms with van der Waals surface area (Å²) >= 11 is 0.945. The number of carbonyl (C=O) groups excluding carboxylic acids is 2. The third kappa shape index (κ3) is 6.16. The molecular formula is C15H14F2N4O4S. The summed E-state index contributed by atoms with van der Waals surface area (Å²) in [5.74, 6) is -0.487. The fraction of sp³-hybridized carbons (Fsp3) is 0.200. The van der Waals surface area contributed by atoms with E-state index in [0.717, 1.165) is 11.8 Å². The van der Waals surface area contributed by atoms with Gasteiger partial charge < -0.3 is 14.5 Å².